The summed E-state index contributed by atoms with van der Waals surface area (Å²) in [6.45, 7) is 12.2. The van der Waals surface area contributed by atoms with E-state index in [0.717, 1.165) is 58.6 Å². The molecule has 0 amide bonds. The van der Waals surface area contributed by atoms with Gasteiger partial charge in [0.1, 0.15) is 0 Å². The Kier molecular flexibility index (Phi) is 12.3. The number of nitrogens with two attached hydrogens (primary N) is 1. The van der Waals surface area contributed by atoms with Crippen molar-refractivity contribution in [3.63, 3.8) is 0 Å². The van der Waals surface area contributed by atoms with E-state index in [-0.39, 0.29) is 17.5 Å². The topological polar surface area (TPSA) is 73.3 Å². The van der Waals surface area contributed by atoms with Crippen LogP contribution < -0.4 is 11.3 Å². The van der Waals surface area contributed by atoms with Crippen LogP contribution in [0.5, 0.6) is 0 Å². The van der Waals surface area contributed by atoms with Gasteiger partial charge in [-0.05, 0) is 55.0 Å². The van der Waals surface area contributed by atoms with Gasteiger partial charge in [0, 0.05) is 11.3 Å². The van der Waals surface area contributed by atoms with E-state index in [2.05, 4.69) is 23.5 Å². The molecular weight excluding hydrogens is 561 g/mol. The van der Waals surface area contributed by atoms with E-state index < -0.39 is 11.7 Å². The van der Waals surface area contributed by atoms with Crippen LogP contribution in [0.2, 0.25) is 0 Å². The monoisotopic (exact) mass is 602 g/mol. The Morgan fingerprint density at radius 3 is 1.93 bits per heavy atom. The number of hydrogen-bond acceptors (Lipinski definition) is 4. The molecule has 4 aromatic rings. The molecule has 0 aliphatic rings. The van der Waals surface area contributed by atoms with Crippen molar-refractivity contribution in [2.45, 2.75) is 65.6 Å². The molecule has 0 saturated heterocycles. The van der Waals surface area contributed by atoms with Crippen LogP contribution in [0.25, 0.3) is 0 Å². The molecule has 0 atom stereocenters. The molecule has 0 radical (unpaired) electrons. The van der Waals surface area contributed by atoms with Crippen molar-refractivity contribution in [2.75, 3.05) is 12.3 Å². The van der Waals surface area contributed by atoms with Gasteiger partial charge in [0.15, 0.2) is 0 Å². The number of aromatic nitrogens is 2. The number of rotatable bonds is 10. The average molecular weight is 603 g/mol. The summed E-state index contributed by atoms with van der Waals surface area (Å²) < 4.78 is 38.8. The fourth-order valence-electron chi connectivity index (χ4n) is 4.77. The Balaban J connectivity index is 0.000000259. The third-order valence-electron chi connectivity index (χ3n) is 7.32. The normalized spacial score (nSPS) is 11.7. The summed E-state index contributed by atoms with van der Waals surface area (Å²) in [7, 11) is 0. The number of nitrogens with zero attached hydrogens (tertiary/aromatic N) is 3. The van der Waals surface area contributed by atoms with Crippen molar-refractivity contribution in [1.82, 2.24) is 9.55 Å². The minimum absolute atomic E-state index is 0.0334. The zero-order valence-electron chi connectivity index (χ0n) is 25.9. The highest BCUT2D eigenvalue weighted by Gasteiger charge is 2.30. The summed E-state index contributed by atoms with van der Waals surface area (Å²) in [5.74, 6) is 0.268. The summed E-state index contributed by atoms with van der Waals surface area (Å²) in [5, 5.41) is 0. The fourth-order valence-corrected chi connectivity index (χ4v) is 4.77. The Morgan fingerprint density at radius 1 is 0.932 bits per heavy atom. The first-order valence-electron chi connectivity index (χ1n) is 14.9. The summed E-state index contributed by atoms with van der Waals surface area (Å²) in [4.78, 5) is 22.3. The number of benzene rings is 3. The van der Waals surface area contributed by atoms with Gasteiger partial charge in [0.05, 0.1) is 23.8 Å². The zero-order valence-corrected chi connectivity index (χ0v) is 25.9. The lowest BCUT2D eigenvalue weighted by Crippen LogP contribution is -2.33. The molecule has 0 aliphatic heterocycles. The van der Waals surface area contributed by atoms with Crippen LogP contribution in [0.15, 0.2) is 107 Å². The summed E-state index contributed by atoms with van der Waals surface area (Å²) in [6.07, 6.45) is -1.12. The van der Waals surface area contributed by atoms with Crippen LogP contribution >= 0.6 is 0 Å². The molecule has 0 bridgehead atoms. The van der Waals surface area contributed by atoms with Crippen molar-refractivity contribution >= 4 is 11.7 Å². The lowest BCUT2D eigenvalue weighted by molar-refractivity contribution is -0.137. The quantitative estimate of drug-likeness (QED) is 0.146. The lowest BCUT2D eigenvalue weighted by atomic mass is 9.97. The van der Waals surface area contributed by atoms with Gasteiger partial charge < -0.3 is 5.73 Å². The number of halogens is 3. The van der Waals surface area contributed by atoms with Gasteiger partial charge in [-0.1, -0.05) is 112 Å². The standard InChI is InChI=1S/C22H25N3O.C14H16F3N/c1-3-11-18-19(4-2)24-22(23)25(21(18)26)20(16-12-7-5-8-13-16)17-14-9-6-10-15-17;1-4-10(2)9-18-11(3)12-5-7-13(8-6-12)14(15,16)17/h5-10,12-15,20H,3-4,11H2,1-2H3,(H2,23,24);5-8H,2,4,9H2,1,3H3. The van der Waals surface area contributed by atoms with Crippen LogP contribution in [-0.4, -0.2) is 21.8 Å². The van der Waals surface area contributed by atoms with E-state index in [0.29, 0.717) is 24.9 Å². The van der Waals surface area contributed by atoms with Crippen LogP contribution in [0.3, 0.4) is 0 Å². The molecule has 232 valence electrons. The first kappa shape index (κ1) is 34.0. The molecule has 8 heteroatoms. The van der Waals surface area contributed by atoms with E-state index in [4.69, 9.17) is 5.73 Å². The minimum Gasteiger partial charge on any atom is -0.369 e. The average Bonchev–Trinajstić information content (AvgIpc) is 3.03. The summed E-state index contributed by atoms with van der Waals surface area (Å²) in [6, 6.07) is 24.7. The largest absolute Gasteiger partial charge is 0.416 e. The number of hydrogen-bond donors (Lipinski definition) is 1. The third kappa shape index (κ3) is 8.78. The van der Waals surface area contributed by atoms with Crippen LogP contribution in [0, 0.1) is 0 Å². The molecule has 0 fully saturated rings. The second kappa shape index (κ2) is 15.8. The second-order valence-corrected chi connectivity index (χ2v) is 10.5. The van der Waals surface area contributed by atoms with Gasteiger partial charge in [0.25, 0.3) is 5.56 Å². The highest BCUT2D eigenvalue weighted by Crippen LogP contribution is 2.29. The molecule has 0 spiro atoms. The van der Waals surface area contributed by atoms with Crippen LogP contribution in [0.1, 0.15) is 80.1 Å². The molecular formula is C36H41F3N4O. The Labute approximate surface area is 258 Å². The third-order valence-corrected chi connectivity index (χ3v) is 7.32. The summed E-state index contributed by atoms with van der Waals surface area (Å²) in [5.41, 5.74) is 11.7. The van der Waals surface area contributed by atoms with E-state index in [9.17, 15) is 18.0 Å². The van der Waals surface area contributed by atoms with Gasteiger partial charge in [0.2, 0.25) is 5.95 Å². The van der Waals surface area contributed by atoms with Gasteiger partial charge in [-0.25, -0.2) is 4.98 Å². The van der Waals surface area contributed by atoms with Crippen LogP contribution in [0.4, 0.5) is 19.1 Å². The highest BCUT2D eigenvalue weighted by atomic mass is 19.4. The molecule has 3 aromatic carbocycles. The highest BCUT2D eigenvalue weighted by molar-refractivity contribution is 5.98. The SMILES string of the molecule is C=C(CC)CN=C(C)c1ccc(C(F)(F)F)cc1.CCCc1c(CC)nc(N)n(C(c2ccccc2)c2ccccc2)c1=O. The van der Waals surface area contributed by atoms with Crippen molar-refractivity contribution in [2.24, 2.45) is 4.99 Å². The Morgan fingerprint density at radius 2 is 1.48 bits per heavy atom. The van der Waals surface area contributed by atoms with E-state index in [1.807, 2.05) is 74.5 Å². The molecule has 2 N–H and O–H groups in total. The van der Waals surface area contributed by atoms with Crippen molar-refractivity contribution in [1.29, 1.82) is 0 Å². The molecule has 4 rings (SSSR count). The Bertz CT molecular complexity index is 1550. The molecule has 0 saturated carbocycles. The predicted molar refractivity (Wildman–Crippen MR) is 174 cm³/mol. The van der Waals surface area contributed by atoms with Gasteiger partial charge >= 0.3 is 6.18 Å². The zero-order chi connectivity index (χ0) is 32.3. The minimum atomic E-state index is -4.29. The number of nitrogen functional groups attached to an aromatic ring is 1. The van der Waals surface area contributed by atoms with Crippen molar-refractivity contribution in [3.8, 4) is 0 Å². The fraction of sp³-hybridized carbons (Fsp3) is 0.306. The van der Waals surface area contributed by atoms with Crippen molar-refractivity contribution < 1.29 is 13.2 Å². The molecule has 44 heavy (non-hydrogen) atoms. The van der Waals surface area contributed by atoms with E-state index >= 15 is 0 Å². The molecule has 5 nitrogen and oxygen atoms in total. The molecule has 0 unspecified atom stereocenters. The lowest BCUT2D eigenvalue weighted by Gasteiger charge is -2.24. The van der Waals surface area contributed by atoms with Gasteiger partial charge in [-0.15, -0.1) is 0 Å². The maximum atomic E-state index is 13.4. The summed E-state index contributed by atoms with van der Waals surface area (Å²) >= 11 is 0. The number of alkyl halides is 3. The Hall–Kier alpha value is -4.46. The van der Waals surface area contributed by atoms with Crippen molar-refractivity contribution in [3.05, 3.63) is 141 Å². The number of aliphatic imine (C=N–C) groups is 1. The molecule has 0 aliphatic carbocycles. The van der Waals surface area contributed by atoms with Gasteiger partial charge in [-0.3, -0.25) is 14.4 Å². The maximum Gasteiger partial charge on any atom is 0.416 e. The number of aryl methyl sites for hydroxylation is 1. The maximum absolute atomic E-state index is 13.4. The number of anilines is 1. The second-order valence-electron chi connectivity index (χ2n) is 10.5. The smallest absolute Gasteiger partial charge is 0.369 e. The first-order valence-corrected chi connectivity index (χ1v) is 14.9. The van der Waals surface area contributed by atoms with E-state index in [1.54, 1.807) is 11.5 Å². The molecule has 1 heterocycles. The van der Waals surface area contributed by atoms with E-state index in [1.165, 1.54) is 12.1 Å². The first-order chi connectivity index (χ1) is 21.0. The van der Waals surface area contributed by atoms with Gasteiger partial charge in [-0.2, -0.15) is 13.2 Å². The van der Waals surface area contributed by atoms with Crippen LogP contribution in [-0.2, 0) is 19.0 Å². The molecule has 1 aromatic heterocycles. The predicted octanol–water partition coefficient (Wildman–Crippen LogP) is 8.46.